The van der Waals surface area contributed by atoms with Crippen LogP contribution in [0.3, 0.4) is 0 Å². The van der Waals surface area contributed by atoms with Gasteiger partial charge in [-0.2, -0.15) is 4.98 Å². The number of hydrogen-bond donors (Lipinski definition) is 2. The molecule has 5 nitrogen and oxygen atoms in total. The van der Waals surface area contributed by atoms with E-state index in [0.29, 0.717) is 5.95 Å². The summed E-state index contributed by atoms with van der Waals surface area (Å²) < 4.78 is 0. The van der Waals surface area contributed by atoms with E-state index in [2.05, 4.69) is 34.3 Å². The van der Waals surface area contributed by atoms with Gasteiger partial charge < -0.3 is 16.0 Å². The summed E-state index contributed by atoms with van der Waals surface area (Å²) in [6.07, 6.45) is 1.06. The Hall–Kier alpha value is -1.88. The second-order valence-corrected chi connectivity index (χ2v) is 4.53. The molecule has 1 aromatic heterocycles. The lowest BCUT2D eigenvalue weighted by Gasteiger charge is -2.11. The third-order valence-corrected chi connectivity index (χ3v) is 2.70. The lowest BCUT2D eigenvalue weighted by Crippen LogP contribution is -2.17. The number of aromatic nitrogens is 2. The molecule has 1 aromatic carbocycles. The normalized spacial score (nSPS) is 11.1. The van der Waals surface area contributed by atoms with Crippen LogP contribution < -0.4 is 11.1 Å². The number of para-hydroxylation sites is 1. The molecule has 0 saturated heterocycles. The number of nitrogens with zero attached hydrogens (tertiary/aromatic N) is 3. The van der Waals surface area contributed by atoms with Crippen molar-refractivity contribution in [3.8, 4) is 0 Å². The van der Waals surface area contributed by atoms with Crippen molar-refractivity contribution in [1.82, 2.24) is 14.9 Å². The number of rotatable bonds is 5. The van der Waals surface area contributed by atoms with Gasteiger partial charge in [-0.25, -0.2) is 4.98 Å². The van der Waals surface area contributed by atoms with Crippen molar-refractivity contribution in [1.29, 1.82) is 0 Å². The maximum atomic E-state index is 5.71. The number of anilines is 2. The van der Waals surface area contributed by atoms with Crippen LogP contribution in [-0.4, -0.2) is 42.1 Å². The first-order valence-corrected chi connectivity index (χ1v) is 6.07. The second kappa shape index (κ2) is 5.64. The lowest BCUT2D eigenvalue weighted by atomic mass is 10.2. The monoisotopic (exact) mass is 245 g/mol. The van der Waals surface area contributed by atoms with Crippen LogP contribution in [0.15, 0.2) is 24.3 Å². The number of nitrogens with two attached hydrogens (primary N) is 1. The molecule has 0 aliphatic rings. The van der Waals surface area contributed by atoms with Crippen molar-refractivity contribution in [3.05, 3.63) is 24.3 Å². The molecule has 3 N–H and O–H groups in total. The molecule has 1 heterocycles. The van der Waals surface area contributed by atoms with Gasteiger partial charge >= 0.3 is 0 Å². The van der Waals surface area contributed by atoms with Crippen molar-refractivity contribution in [3.63, 3.8) is 0 Å². The summed E-state index contributed by atoms with van der Waals surface area (Å²) in [5, 5.41) is 4.34. The molecule has 0 saturated carbocycles. The topological polar surface area (TPSA) is 67.1 Å². The maximum absolute atomic E-state index is 5.71. The zero-order valence-corrected chi connectivity index (χ0v) is 10.8. The average Bonchev–Trinajstić information content (AvgIpc) is 2.34. The highest BCUT2D eigenvalue weighted by atomic mass is 15.1. The van der Waals surface area contributed by atoms with Crippen LogP contribution >= 0.6 is 0 Å². The smallest absolute Gasteiger partial charge is 0.222 e. The van der Waals surface area contributed by atoms with Gasteiger partial charge in [0.15, 0.2) is 0 Å². The molecule has 0 bridgehead atoms. The van der Waals surface area contributed by atoms with E-state index in [1.54, 1.807) is 0 Å². The van der Waals surface area contributed by atoms with Gasteiger partial charge in [0.05, 0.1) is 5.52 Å². The van der Waals surface area contributed by atoms with Crippen LogP contribution in [0.4, 0.5) is 11.8 Å². The van der Waals surface area contributed by atoms with E-state index in [1.807, 2.05) is 24.3 Å². The third kappa shape index (κ3) is 3.07. The summed E-state index contributed by atoms with van der Waals surface area (Å²) >= 11 is 0. The predicted molar refractivity (Wildman–Crippen MR) is 75.6 cm³/mol. The zero-order chi connectivity index (χ0) is 13.0. The molecule has 0 unspecified atom stereocenters. The maximum Gasteiger partial charge on any atom is 0.222 e. The quantitative estimate of drug-likeness (QED) is 0.783. The first-order valence-electron chi connectivity index (χ1n) is 6.07. The number of hydrogen-bond acceptors (Lipinski definition) is 5. The number of fused-ring (bicyclic) bond motifs is 1. The van der Waals surface area contributed by atoms with Gasteiger partial charge in [0.25, 0.3) is 0 Å². The van der Waals surface area contributed by atoms with Crippen LogP contribution in [0, 0.1) is 0 Å². The Kier molecular flexibility index (Phi) is 3.94. The van der Waals surface area contributed by atoms with E-state index < -0.39 is 0 Å². The van der Waals surface area contributed by atoms with Crippen molar-refractivity contribution >= 4 is 22.7 Å². The van der Waals surface area contributed by atoms with Gasteiger partial charge in [-0.3, -0.25) is 0 Å². The minimum absolute atomic E-state index is 0.309. The van der Waals surface area contributed by atoms with E-state index in [0.717, 1.165) is 36.2 Å². The molecule has 0 aliphatic carbocycles. The van der Waals surface area contributed by atoms with E-state index in [-0.39, 0.29) is 0 Å². The molecular formula is C13H19N5. The molecule has 96 valence electrons. The van der Waals surface area contributed by atoms with Crippen LogP contribution in [0.5, 0.6) is 0 Å². The Morgan fingerprint density at radius 1 is 1.22 bits per heavy atom. The van der Waals surface area contributed by atoms with Gasteiger partial charge in [0.1, 0.15) is 5.82 Å². The first kappa shape index (κ1) is 12.6. The average molecular weight is 245 g/mol. The van der Waals surface area contributed by atoms with E-state index >= 15 is 0 Å². The minimum atomic E-state index is 0.309. The second-order valence-electron chi connectivity index (χ2n) is 4.53. The molecule has 0 atom stereocenters. The summed E-state index contributed by atoms with van der Waals surface area (Å²) in [5.74, 6) is 1.13. The number of nitrogen functional groups attached to an aromatic ring is 1. The molecule has 18 heavy (non-hydrogen) atoms. The van der Waals surface area contributed by atoms with E-state index in [1.165, 1.54) is 0 Å². The minimum Gasteiger partial charge on any atom is -0.369 e. The van der Waals surface area contributed by atoms with Crippen LogP contribution in [0.2, 0.25) is 0 Å². The standard InChI is InChI=1S/C13H19N5/c1-18(2)9-5-8-15-12-10-6-3-4-7-11(10)16-13(14)17-12/h3-4,6-7H,5,8-9H2,1-2H3,(H3,14,15,16,17). The Morgan fingerprint density at radius 3 is 2.78 bits per heavy atom. The fraction of sp³-hybridized carbons (Fsp3) is 0.385. The van der Waals surface area contributed by atoms with E-state index in [9.17, 15) is 0 Å². The highest BCUT2D eigenvalue weighted by molar-refractivity contribution is 5.89. The fourth-order valence-corrected chi connectivity index (χ4v) is 1.83. The van der Waals surface area contributed by atoms with Crippen LogP contribution in [-0.2, 0) is 0 Å². The van der Waals surface area contributed by atoms with Crippen molar-refractivity contribution in [2.45, 2.75) is 6.42 Å². The summed E-state index contributed by atoms with van der Waals surface area (Å²) in [6.45, 7) is 1.92. The van der Waals surface area contributed by atoms with Gasteiger partial charge in [-0.05, 0) is 39.2 Å². The summed E-state index contributed by atoms with van der Waals surface area (Å²) in [4.78, 5) is 10.6. The third-order valence-electron chi connectivity index (χ3n) is 2.70. The van der Waals surface area contributed by atoms with Crippen LogP contribution in [0.1, 0.15) is 6.42 Å². The van der Waals surface area contributed by atoms with Crippen molar-refractivity contribution in [2.75, 3.05) is 38.2 Å². The molecule has 0 amide bonds. The Morgan fingerprint density at radius 2 is 2.00 bits per heavy atom. The molecule has 2 aromatic rings. The Bertz CT molecular complexity index is 524. The molecular weight excluding hydrogens is 226 g/mol. The highest BCUT2D eigenvalue weighted by Crippen LogP contribution is 2.20. The number of nitrogens with one attached hydrogen (secondary N) is 1. The lowest BCUT2D eigenvalue weighted by molar-refractivity contribution is 0.405. The molecule has 0 aliphatic heterocycles. The van der Waals surface area contributed by atoms with Crippen molar-refractivity contribution in [2.24, 2.45) is 0 Å². The SMILES string of the molecule is CN(C)CCCNc1nc(N)nc2ccccc12. The highest BCUT2D eigenvalue weighted by Gasteiger charge is 2.04. The Balaban J connectivity index is 2.12. The summed E-state index contributed by atoms with van der Waals surface area (Å²) in [5.41, 5.74) is 6.58. The van der Waals surface area contributed by atoms with Gasteiger partial charge in [-0.1, -0.05) is 12.1 Å². The zero-order valence-electron chi connectivity index (χ0n) is 10.8. The number of benzene rings is 1. The molecule has 0 fully saturated rings. The predicted octanol–water partition coefficient (Wildman–Crippen LogP) is 1.58. The van der Waals surface area contributed by atoms with E-state index in [4.69, 9.17) is 5.73 Å². The van der Waals surface area contributed by atoms with Crippen molar-refractivity contribution < 1.29 is 0 Å². The fourth-order valence-electron chi connectivity index (χ4n) is 1.83. The molecule has 5 heteroatoms. The molecule has 0 spiro atoms. The summed E-state index contributed by atoms with van der Waals surface area (Å²) in [7, 11) is 4.14. The van der Waals surface area contributed by atoms with Gasteiger partial charge in [-0.15, -0.1) is 0 Å². The van der Waals surface area contributed by atoms with Gasteiger partial charge in [0.2, 0.25) is 5.95 Å². The molecule has 0 radical (unpaired) electrons. The van der Waals surface area contributed by atoms with Crippen LogP contribution in [0.25, 0.3) is 10.9 Å². The summed E-state index contributed by atoms with van der Waals surface area (Å²) in [6, 6.07) is 7.87. The largest absolute Gasteiger partial charge is 0.369 e. The Labute approximate surface area is 107 Å². The molecule has 2 rings (SSSR count). The van der Waals surface area contributed by atoms with Gasteiger partial charge in [0, 0.05) is 11.9 Å². The first-order chi connectivity index (χ1) is 8.66.